The molecule has 1 atom stereocenters. The molecule has 1 saturated heterocycles. The van der Waals surface area contributed by atoms with Crippen molar-refractivity contribution in [3.8, 4) is 0 Å². The van der Waals surface area contributed by atoms with E-state index in [2.05, 4.69) is 5.32 Å². The summed E-state index contributed by atoms with van der Waals surface area (Å²) in [6.07, 6.45) is 2.87. The molecule has 0 saturated carbocycles. The number of carbonyl (C=O) groups is 1. The van der Waals surface area contributed by atoms with Gasteiger partial charge >= 0.3 is 0 Å². The second-order valence-electron chi connectivity index (χ2n) is 3.77. The van der Waals surface area contributed by atoms with Gasteiger partial charge in [-0.15, -0.1) is 0 Å². The van der Waals surface area contributed by atoms with Gasteiger partial charge in [0.1, 0.15) is 12.0 Å². The van der Waals surface area contributed by atoms with Crippen molar-refractivity contribution in [3.05, 3.63) is 35.4 Å². The number of aldehydes is 1. The Morgan fingerprint density at radius 1 is 1.47 bits per heavy atom. The number of ether oxygens (including phenoxy) is 1. The Bertz CT molecular complexity index is 356. The summed E-state index contributed by atoms with van der Waals surface area (Å²) in [6, 6.07) is 7.57. The lowest BCUT2D eigenvalue weighted by molar-refractivity contribution is -0.0290. The maximum atomic E-state index is 11.0. The summed E-state index contributed by atoms with van der Waals surface area (Å²) in [6.45, 7) is 0.932. The van der Waals surface area contributed by atoms with Crippen molar-refractivity contribution in [1.82, 2.24) is 5.32 Å². The molecule has 1 heterocycles. The standard InChI is InChI=1S/C12H15NO2/c1-15-12(7-4-8-13-12)11-6-3-2-5-10(11)9-14/h2-3,5-6,9,13H,4,7-8H2,1H3/t12-/m0/s1. The molecular formula is C12H15NO2. The summed E-state index contributed by atoms with van der Waals surface area (Å²) in [5.74, 6) is 0. The van der Waals surface area contributed by atoms with E-state index in [1.54, 1.807) is 7.11 Å². The van der Waals surface area contributed by atoms with E-state index in [0.29, 0.717) is 5.56 Å². The third kappa shape index (κ3) is 1.68. The van der Waals surface area contributed by atoms with E-state index in [9.17, 15) is 4.79 Å². The lowest BCUT2D eigenvalue weighted by Gasteiger charge is -2.29. The van der Waals surface area contributed by atoms with Crippen LogP contribution in [0.1, 0.15) is 28.8 Å². The molecule has 2 rings (SSSR count). The zero-order valence-corrected chi connectivity index (χ0v) is 8.82. The van der Waals surface area contributed by atoms with Crippen LogP contribution in [-0.2, 0) is 10.5 Å². The topological polar surface area (TPSA) is 38.3 Å². The predicted octanol–water partition coefficient (Wildman–Crippen LogP) is 1.68. The summed E-state index contributed by atoms with van der Waals surface area (Å²) >= 11 is 0. The highest BCUT2D eigenvalue weighted by atomic mass is 16.5. The van der Waals surface area contributed by atoms with Crippen molar-refractivity contribution >= 4 is 6.29 Å². The normalized spacial score (nSPS) is 25.4. The molecule has 3 nitrogen and oxygen atoms in total. The molecule has 15 heavy (non-hydrogen) atoms. The summed E-state index contributed by atoms with van der Waals surface area (Å²) in [5.41, 5.74) is 1.19. The van der Waals surface area contributed by atoms with Crippen LogP contribution >= 0.6 is 0 Å². The van der Waals surface area contributed by atoms with Gasteiger partial charge in [0.15, 0.2) is 0 Å². The minimum atomic E-state index is -0.461. The summed E-state index contributed by atoms with van der Waals surface area (Å²) in [5, 5.41) is 3.33. The molecule has 1 aliphatic heterocycles. The zero-order chi connectivity index (χ0) is 10.7. The number of benzene rings is 1. The second kappa shape index (κ2) is 4.13. The van der Waals surface area contributed by atoms with Gasteiger partial charge in [0.05, 0.1) is 0 Å². The highest BCUT2D eigenvalue weighted by Crippen LogP contribution is 2.32. The van der Waals surface area contributed by atoms with E-state index in [1.807, 2.05) is 24.3 Å². The SMILES string of the molecule is CO[C@]1(c2ccccc2C=O)CCCN1. The van der Waals surface area contributed by atoms with Crippen LogP contribution in [0.3, 0.4) is 0 Å². The third-order valence-electron chi connectivity index (χ3n) is 2.99. The molecule has 1 aliphatic rings. The van der Waals surface area contributed by atoms with Crippen LogP contribution in [0, 0.1) is 0 Å². The number of rotatable bonds is 3. The van der Waals surface area contributed by atoms with Crippen LogP contribution in [0.5, 0.6) is 0 Å². The van der Waals surface area contributed by atoms with Gasteiger partial charge in [-0.05, 0) is 19.4 Å². The van der Waals surface area contributed by atoms with Gasteiger partial charge < -0.3 is 4.74 Å². The molecule has 0 bridgehead atoms. The molecule has 1 fully saturated rings. The number of methoxy groups -OCH3 is 1. The number of hydrogen-bond acceptors (Lipinski definition) is 3. The van der Waals surface area contributed by atoms with Crippen molar-refractivity contribution in [2.24, 2.45) is 0 Å². The van der Waals surface area contributed by atoms with E-state index < -0.39 is 5.72 Å². The molecule has 1 aromatic carbocycles. The smallest absolute Gasteiger partial charge is 0.150 e. The van der Waals surface area contributed by atoms with Gasteiger partial charge in [-0.3, -0.25) is 10.1 Å². The fraction of sp³-hybridized carbons (Fsp3) is 0.417. The van der Waals surface area contributed by atoms with Crippen molar-refractivity contribution < 1.29 is 9.53 Å². The Balaban J connectivity index is 2.46. The average Bonchev–Trinajstić information content (AvgIpc) is 2.79. The van der Waals surface area contributed by atoms with Crippen LogP contribution < -0.4 is 5.32 Å². The second-order valence-corrected chi connectivity index (χ2v) is 3.77. The Morgan fingerprint density at radius 2 is 2.27 bits per heavy atom. The highest BCUT2D eigenvalue weighted by Gasteiger charge is 2.36. The zero-order valence-electron chi connectivity index (χ0n) is 8.82. The summed E-state index contributed by atoms with van der Waals surface area (Å²) in [4.78, 5) is 11.0. The van der Waals surface area contributed by atoms with E-state index in [4.69, 9.17) is 4.74 Å². The van der Waals surface area contributed by atoms with Gasteiger partial charge in [0.2, 0.25) is 0 Å². The molecule has 0 radical (unpaired) electrons. The Hall–Kier alpha value is -1.19. The Kier molecular flexibility index (Phi) is 2.84. The quantitative estimate of drug-likeness (QED) is 0.763. The minimum Gasteiger partial charge on any atom is -0.360 e. The molecule has 1 aromatic rings. The van der Waals surface area contributed by atoms with Crippen LogP contribution in [0.15, 0.2) is 24.3 Å². The first-order chi connectivity index (χ1) is 7.32. The summed E-state index contributed by atoms with van der Waals surface area (Å²) in [7, 11) is 1.68. The van der Waals surface area contributed by atoms with Crippen molar-refractivity contribution in [2.45, 2.75) is 18.6 Å². The van der Waals surface area contributed by atoms with E-state index in [0.717, 1.165) is 31.2 Å². The molecular weight excluding hydrogens is 190 g/mol. The molecule has 0 spiro atoms. The third-order valence-corrected chi connectivity index (χ3v) is 2.99. The van der Waals surface area contributed by atoms with Crippen molar-refractivity contribution in [2.75, 3.05) is 13.7 Å². The molecule has 3 heteroatoms. The first kappa shape index (κ1) is 10.3. The number of carbonyl (C=O) groups excluding carboxylic acids is 1. The van der Waals surface area contributed by atoms with Crippen LogP contribution in [-0.4, -0.2) is 19.9 Å². The molecule has 0 aromatic heterocycles. The van der Waals surface area contributed by atoms with Crippen molar-refractivity contribution in [3.63, 3.8) is 0 Å². The Morgan fingerprint density at radius 3 is 2.87 bits per heavy atom. The minimum absolute atomic E-state index is 0.461. The molecule has 0 amide bonds. The fourth-order valence-corrected chi connectivity index (χ4v) is 2.20. The molecule has 80 valence electrons. The van der Waals surface area contributed by atoms with E-state index >= 15 is 0 Å². The van der Waals surface area contributed by atoms with Crippen LogP contribution in [0.25, 0.3) is 0 Å². The molecule has 0 aliphatic carbocycles. The van der Waals surface area contributed by atoms with E-state index in [1.165, 1.54) is 0 Å². The number of nitrogens with one attached hydrogen (secondary N) is 1. The van der Waals surface area contributed by atoms with E-state index in [-0.39, 0.29) is 0 Å². The average molecular weight is 205 g/mol. The van der Waals surface area contributed by atoms with Crippen molar-refractivity contribution in [1.29, 1.82) is 0 Å². The van der Waals surface area contributed by atoms with Crippen LogP contribution in [0.4, 0.5) is 0 Å². The van der Waals surface area contributed by atoms with Gasteiger partial charge in [-0.2, -0.15) is 0 Å². The predicted molar refractivity (Wildman–Crippen MR) is 57.8 cm³/mol. The maximum absolute atomic E-state index is 11.0. The Labute approximate surface area is 89.4 Å². The highest BCUT2D eigenvalue weighted by molar-refractivity contribution is 5.77. The maximum Gasteiger partial charge on any atom is 0.150 e. The van der Waals surface area contributed by atoms with Gasteiger partial charge in [0.25, 0.3) is 0 Å². The van der Waals surface area contributed by atoms with Gasteiger partial charge in [0, 0.05) is 18.2 Å². The monoisotopic (exact) mass is 205 g/mol. The van der Waals surface area contributed by atoms with Crippen LogP contribution in [0.2, 0.25) is 0 Å². The van der Waals surface area contributed by atoms with Gasteiger partial charge in [-0.1, -0.05) is 24.3 Å². The lowest BCUT2D eigenvalue weighted by Crippen LogP contribution is -2.39. The number of hydrogen-bond donors (Lipinski definition) is 1. The largest absolute Gasteiger partial charge is 0.360 e. The summed E-state index contributed by atoms with van der Waals surface area (Å²) < 4.78 is 5.56. The molecule has 0 unspecified atom stereocenters. The fourth-order valence-electron chi connectivity index (χ4n) is 2.20. The molecule has 1 N–H and O–H groups in total. The first-order valence-corrected chi connectivity index (χ1v) is 5.17. The first-order valence-electron chi connectivity index (χ1n) is 5.17. The lowest BCUT2D eigenvalue weighted by atomic mass is 9.96. The van der Waals surface area contributed by atoms with Gasteiger partial charge in [-0.25, -0.2) is 0 Å².